The molecule has 1 aliphatic rings. The van der Waals surface area contributed by atoms with Crippen molar-refractivity contribution < 1.29 is 9.84 Å². The lowest BCUT2D eigenvalue weighted by molar-refractivity contribution is 0.145. The second-order valence-corrected chi connectivity index (χ2v) is 8.04. The van der Waals surface area contributed by atoms with Crippen LogP contribution in [0.4, 0.5) is 11.6 Å². The molecule has 0 unspecified atom stereocenters. The molecule has 0 saturated carbocycles. The highest BCUT2D eigenvalue weighted by molar-refractivity contribution is 6.13. The molecule has 4 heterocycles. The molecule has 1 fully saturated rings. The summed E-state index contributed by atoms with van der Waals surface area (Å²) in [4.78, 5) is 6.89. The van der Waals surface area contributed by atoms with Crippen molar-refractivity contribution in [3.63, 3.8) is 0 Å². The lowest BCUT2D eigenvalue weighted by Gasteiger charge is -2.31. The number of benzene rings is 1. The molecule has 0 radical (unpaired) electrons. The number of methoxy groups -OCH3 is 1. The van der Waals surface area contributed by atoms with Crippen LogP contribution >= 0.6 is 0 Å². The van der Waals surface area contributed by atoms with E-state index in [1.54, 1.807) is 7.11 Å². The van der Waals surface area contributed by atoms with E-state index in [0.29, 0.717) is 12.4 Å². The van der Waals surface area contributed by atoms with Crippen LogP contribution in [-0.2, 0) is 13.1 Å². The highest BCUT2D eigenvalue weighted by Crippen LogP contribution is 2.34. The summed E-state index contributed by atoms with van der Waals surface area (Å²) in [5, 5.41) is 29.9. The van der Waals surface area contributed by atoms with Gasteiger partial charge in [0.15, 0.2) is 17.3 Å². The second-order valence-electron chi connectivity index (χ2n) is 8.04. The normalized spacial score (nSPS) is 14.9. The minimum atomic E-state index is -0.247. The lowest BCUT2D eigenvalue weighted by Crippen LogP contribution is -2.36. The van der Waals surface area contributed by atoms with Crippen molar-refractivity contribution >= 4 is 33.4 Å². The quantitative estimate of drug-likeness (QED) is 0.479. The Balaban J connectivity index is 1.56. The largest absolute Gasteiger partial charge is 0.497 e. The summed E-state index contributed by atoms with van der Waals surface area (Å²) >= 11 is 0. The first-order valence-electron chi connectivity index (χ1n) is 11.0. The molecule has 0 aliphatic carbocycles. The summed E-state index contributed by atoms with van der Waals surface area (Å²) in [6.45, 7) is 4.89. The fraction of sp³-hybridized carbons (Fsp3) is 0.391. The molecule has 166 valence electrons. The Bertz CT molecular complexity index is 1230. The van der Waals surface area contributed by atoms with Crippen LogP contribution in [0.3, 0.4) is 0 Å². The average Bonchev–Trinajstić information content (AvgIpc) is 3.27. The predicted octanol–water partition coefficient (Wildman–Crippen LogP) is 2.98. The number of fused-ring (bicyclic) bond motifs is 3. The smallest absolute Gasteiger partial charge is 0.160 e. The summed E-state index contributed by atoms with van der Waals surface area (Å²) in [5.74, 6) is 2.34. The summed E-state index contributed by atoms with van der Waals surface area (Å²) in [6.07, 6.45) is 4.94. The predicted molar refractivity (Wildman–Crippen MR) is 124 cm³/mol. The number of ether oxygens (including phenoxy) is 1. The number of nitrogens with zero attached hydrogens (tertiary/aromatic N) is 6. The van der Waals surface area contributed by atoms with Crippen LogP contribution in [0.5, 0.6) is 5.75 Å². The standard InChI is InChI=1S/C23H27N7O2/c1-3-30-22-19(14-26-30)20-18(13-25-22)23(29-10-8-16(31)9-11-29)28-27-21(20)24-12-15-4-6-17(32-2)7-5-15/h4-7,13-14,16,31H,3,8-12H2,1-2H3,(H,24,27). The lowest BCUT2D eigenvalue weighted by atomic mass is 10.1. The molecule has 5 rings (SSSR count). The molecular weight excluding hydrogens is 406 g/mol. The van der Waals surface area contributed by atoms with Crippen molar-refractivity contribution in [1.82, 2.24) is 25.0 Å². The summed E-state index contributed by atoms with van der Waals surface area (Å²) in [5.41, 5.74) is 1.95. The van der Waals surface area contributed by atoms with Gasteiger partial charge in [-0.1, -0.05) is 12.1 Å². The Kier molecular flexibility index (Phi) is 5.48. The van der Waals surface area contributed by atoms with Gasteiger partial charge in [-0.05, 0) is 37.5 Å². The third kappa shape index (κ3) is 3.69. The van der Waals surface area contributed by atoms with E-state index in [0.717, 1.165) is 71.4 Å². The first-order chi connectivity index (χ1) is 15.7. The topological polar surface area (TPSA) is 101 Å². The van der Waals surface area contributed by atoms with Gasteiger partial charge >= 0.3 is 0 Å². The van der Waals surface area contributed by atoms with E-state index in [1.807, 2.05) is 41.3 Å². The molecule has 0 atom stereocenters. The van der Waals surface area contributed by atoms with Gasteiger partial charge in [-0.3, -0.25) is 0 Å². The molecular formula is C23H27N7O2. The van der Waals surface area contributed by atoms with Gasteiger partial charge in [0.25, 0.3) is 0 Å². The minimum Gasteiger partial charge on any atom is -0.497 e. The van der Waals surface area contributed by atoms with Gasteiger partial charge in [-0.2, -0.15) is 5.10 Å². The number of pyridine rings is 1. The van der Waals surface area contributed by atoms with Gasteiger partial charge < -0.3 is 20.1 Å². The number of anilines is 2. The maximum Gasteiger partial charge on any atom is 0.160 e. The molecule has 0 bridgehead atoms. The fourth-order valence-corrected chi connectivity index (χ4v) is 4.25. The fourth-order valence-electron chi connectivity index (χ4n) is 4.25. The van der Waals surface area contributed by atoms with E-state index in [4.69, 9.17) is 9.72 Å². The van der Waals surface area contributed by atoms with E-state index in [9.17, 15) is 5.11 Å². The highest BCUT2D eigenvalue weighted by atomic mass is 16.5. The molecule has 9 heteroatoms. The van der Waals surface area contributed by atoms with Crippen molar-refractivity contribution in [2.45, 2.75) is 39.0 Å². The van der Waals surface area contributed by atoms with Crippen molar-refractivity contribution in [3.8, 4) is 5.75 Å². The van der Waals surface area contributed by atoms with Crippen LogP contribution in [0.25, 0.3) is 21.8 Å². The van der Waals surface area contributed by atoms with Gasteiger partial charge in [0, 0.05) is 43.1 Å². The van der Waals surface area contributed by atoms with Crippen LogP contribution in [0, 0.1) is 0 Å². The number of aromatic nitrogens is 5. The number of aliphatic hydroxyl groups excluding tert-OH is 1. The molecule has 4 aromatic rings. The van der Waals surface area contributed by atoms with Crippen molar-refractivity contribution in [2.24, 2.45) is 0 Å². The van der Waals surface area contributed by atoms with Crippen LogP contribution in [0.15, 0.2) is 36.7 Å². The summed E-state index contributed by atoms with van der Waals surface area (Å²) < 4.78 is 7.14. The number of aliphatic hydroxyl groups is 1. The zero-order valence-corrected chi connectivity index (χ0v) is 18.3. The van der Waals surface area contributed by atoms with Gasteiger partial charge in [0.05, 0.1) is 24.8 Å². The number of piperidine rings is 1. The van der Waals surface area contributed by atoms with E-state index in [1.165, 1.54) is 0 Å². The minimum absolute atomic E-state index is 0.247. The number of aryl methyl sites for hydroxylation is 1. The Morgan fingerprint density at radius 1 is 1.09 bits per heavy atom. The van der Waals surface area contributed by atoms with E-state index >= 15 is 0 Å². The maximum absolute atomic E-state index is 9.91. The Morgan fingerprint density at radius 2 is 1.88 bits per heavy atom. The number of hydrogen-bond acceptors (Lipinski definition) is 8. The summed E-state index contributed by atoms with van der Waals surface area (Å²) in [6, 6.07) is 7.95. The maximum atomic E-state index is 9.91. The average molecular weight is 434 g/mol. The van der Waals surface area contributed by atoms with Gasteiger partial charge in [0.2, 0.25) is 0 Å². The van der Waals surface area contributed by atoms with E-state index < -0.39 is 0 Å². The van der Waals surface area contributed by atoms with Crippen molar-refractivity contribution in [3.05, 3.63) is 42.2 Å². The van der Waals surface area contributed by atoms with Crippen molar-refractivity contribution in [1.29, 1.82) is 0 Å². The van der Waals surface area contributed by atoms with Gasteiger partial charge in [-0.15, -0.1) is 10.2 Å². The van der Waals surface area contributed by atoms with Crippen LogP contribution in [0.1, 0.15) is 25.3 Å². The monoisotopic (exact) mass is 433 g/mol. The zero-order chi connectivity index (χ0) is 22.1. The Morgan fingerprint density at radius 3 is 2.59 bits per heavy atom. The number of rotatable bonds is 6. The number of nitrogens with one attached hydrogen (secondary N) is 1. The Labute approximate surface area is 186 Å². The number of hydrogen-bond donors (Lipinski definition) is 2. The highest BCUT2D eigenvalue weighted by Gasteiger charge is 2.23. The van der Waals surface area contributed by atoms with Gasteiger partial charge in [0.1, 0.15) is 5.75 Å². The molecule has 0 amide bonds. The molecule has 9 nitrogen and oxygen atoms in total. The third-order valence-electron chi connectivity index (χ3n) is 6.07. The molecule has 1 aromatic carbocycles. The Hall–Kier alpha value is -3.46. The molecule has 2 N–H and O–H groups in total. The second kappa shape index (κ2) is 8.58. The van der Waals surface area contributed by atoms with Crippen LogP contribution < -0.4 is 15.0 Å². The van der Waals surface area contributed by atoms with E-state index in [-0.39, 0.29) is 6.10 Å². The van der Waals surface area contributed by atoms with Crippen molar-refractivity contribution in [2.75, 3.05) is 30.4 Å². The van der Waals surface area contributed by atoms with Crippen LogP contribution in [0.2, 0.25) is 0 Å². The first-order valence-corrected chi connectivity index (χ1v) is 11.0. The molecule has 3 aromatic heterocycles. The SMILES string of the molecule is CCn1ncc2c3c(NCc4ccc(OC)cc4)nnc(N4CCC(O)CC4)c3cnc21. The van der Waals surface area contributed by atoms with Crippen LogP contribution in [-0.4, -0.2) is 56.4 Å². The third-order valence-corrected chi connectivity index (χ3v) is 6.07. The van der Waals surface area contributed by atoms with E-state index in [2.05, 4.69) is 32.4 Å². The molecule has 1 aliphatic heterocycles. The van der Waals surface area contributed by atoms with Gasteiger partial charge in [-0.25, -0.2) is 9.67 Å². The zero-order valence-electron chi connectivity index (χ0n) is 18.3. The summed E-state index contributed by atoms with van der Waals surface area (Å²) in [7, 11) is 1.66. The molecule has 32 heavy (non-hydrogen) atoms. The first kappa shape index (κ1) is 20.4. The molecule has 0 spiro atoms. The molecule has 1 saturated heterocycles.